The molecule has 6 heteroatoms. The maximum absolute atomic E-state index is 11.7. The Morgan fingerprint density at radius 1 is 1.33 bits per heavy atom. The van der Waals surface area contributed by atoms with Gasteiger partial charge in [-0.25, -0.2) is 0 Å². The van der Waals surface area contributed by atoms with E-state index in [0.29, 0.717) is 0 Å². The summed E-state index contributed by atoms with van der Waals surface area (Å²) in [6.07, 6.45) is -4.42. The standard InChI is InChI=1S/C9H15F3O3/c1-8(2,3)6(7(13)14)4-15-5-9(10,11)12/h6H,4-5H2,1-3H3,(H,13,14). The topological polar surface area (TPSA) is 46.5 Å². The molecule has 0 bridgehead atoms. The fourth-order valence-corrected chi connectivity index (χ4v) is 0.984. The van der Waals surface area contributed by atoms with E-state index >= 15 is 0 Å². The van der Waals surface area contributed by atoms with Gasteiger partial charge < -0.3 is 9.84 Å². The van der Waals surface area contributed by atoms with Gasteiger partial charge in [-0.3, -0.25) is 4.79 Å². The highest BCUT2D eigenvalue weighted by atomic mass is 19.4. The second-order valence-corrected chi connectivity index (χ2v) is 4.39. The molecule has 0 heterocycles. The molecular weight excluding hydrogens is 213 g/mol. The molecule has 1 N–H and O–H groups in total. The number of aliphatic carboxylic acids is 1. The molecule has 1 unspecified atom stereocenters. The van der Waals surface area contributed by atoms with Crippen molar-refractivity contribution in [2.24, 2.45) is 11.3 Å². The van der Waals surface area contributed by atoms with Crippen LogP contribution in [0.4, 0.5) is 13.2 Å². The summed E-state index contributed by atoms with van der Waals surface area (Å²) in [4.78, 5) is 10.7. The predicted molar refractivity (Wildman–Crippen MR) is 47.5 cm³/mol. The Balaban J connectivity index is 4.17. The van der Waals surface area contributed by atoms with Gasteiger partial charge in [0.1, 0.15) is 6.61 Å². The molecule has 0 aliphatic carbocycles. The van der Waals surface area contributed by atoms with Gasteiger partial charge >= 0.3 is 12.1 Å². The van der Waals surface area contributed by atoms with E-state index in [1.165, 1.54) is 0 Å². The summed E-state index contributed by atoms with van der Waals surface area (Å²) >= 11 is 0. The lowest BCUT2D eigenvalue weighted by Crippen LogP contribution is -2.33. The molecule has 0 aromatic rings. The Labute approximate surface area is 86.2 Å². The second kappa shape index (κ2) is 4.83. The van der Waals surface area contributed by atoms with Gasteiger partial charge in [0, 0.05) is 0 Å². The number of alkyl halides is 3. The molecule has 0 rings (SSSR count). The summed E-state index contributed by atoms with van der Waals surface area (Å²) in [5, 5.41) is 8.78. The third-order valence-electron chi connectivity index (χ3n) is 1.89. The van der Waals surface area contributed by atoms with E-state index < -0.39 is 36.7 Å². The lowest BCUT2D eigenvalue weighted by Gasteiger charge is -2.26. The average Bonchev–Trinajstić information content (AvgIpc) is 1.92. The smallest absolute Gasteiger partial charge is 0.411 e. The van der Waals surface area contributed by atoms with Gasteiger partial charge in [-0.05, 0) is 5.41 Å². The number of carbonyl (C=O) groups is 1. The average molecular weight is 228 g/mol. The van der Waals surface area contributed by atoms with Crippen LogP contribution in [-0.4, -0.2) is 30.5 Å². The van der Waals surface area contributed by atoms with Gasteiger partial charge in [0.2, 0.25) is 0 Å². The summed E-state index contributed by atoms with van der Waals surface area (Å²) < 4.78 is 39.5. The van der Waals surface area contributed by atoms with Crippen molar-refractivity contribution in [2.45, 2.75) is 26.9 Å². The van der Waals surface area contributed by atoms with Crippen molar-refractivity contribution in [3.8, 4) is 0 Å². The van der Waals surface area contributed by atoms with Crippen molar-refractivity contribution in [3.63, 3.8) is 0 Å². The van der Waals surface area contributed by atoms with E-state index in [1.54, 1.807) is 20.8 Å². The van der Waals surface area contributed by atoms with Crippen LogP contribution in [-0.2, 0) is 9.53 Å². The Bertz CT molecular complexity index is 218. The molecule has 0 aromatic carbocycles. The minimum absolute atomic E-state index is 0.432. The molecule has 0 aliphatic rings. The molecule has 0 saturated carbocycles. The summed E-state index contributed by atoms with van der Waals surface area (Å²) in [6, 6.07) is 0. The SMILES string of the molecule is CC(C)(C)C(COCC(F)(F)F)C(=O)O. The van der Waals surface area contributed by atoms with Gasteiger partial charge in [0.05, 0.1) is 12.5 Å². The summed E-state index contributed by atoms with van der Waals surface area (Å²) in [5.41, 5.74) is -0.628. The molecule has 0 saturated heterocycles. The number of carboxylic acid groups (broad SMARTS) is 1. The molecular formula is C9H15F3O3. The van der Waals surface area contributed by atoms with Crippen LogP contribution in [0.3, 0.4) is 0 Å². The van der Waals surface area contributed by atoms with Crippen molar-refractivity contribution < 1.29 is 27.8 Å². The van der Waals surface area contributed by atoms with Crippen molar-refractivity contribution in [3.05, 3.63) is 0 Å². The van der Waals surface area contributed by atoms with E-state index in [2.05, 4.69) is 4.74 Å². The van der Waals surface area contributed by atoms with E-state index in [-0.39, 0.29) is 0 Å². The van der Waals surface area contributed by atoms with E-state index in [1.807, 2.05) is 0 Å². The van der Waals surface area contributed by atoms with E-state index in [4.69, 9.17) is 5.11 Å². The molecule has 90 valence electrons. The van der Waals surface area contributed by atoms with Crippen LogP contribution < -0.4 is 0 Å². The lowest BCUT2D eigenvalue weighted by molar-refractivity contribution is -0.183. The van der Waals surface area contributed by atoms with Crippen LogP contribution in [0, 0.1) is 11.3 Å². The largest absolute Gasteiger partial charge is 0.481 e. The zero-order valence-electron chi connectivity index (χ0n) is 8.89. The fraction of sp³-hybridized carbons (Fsp3) is 0.889. The summed E-state index contributed by atoms with van der Waals surface area (Å²) in [5.74, 6) is -2.09. The molecule has 0 aliphatic heterocycles. The van der Waals surface area contributed by atoms with Crippen LogP contribution in [0.15, 0.2) is 0 Å². The molecule has 15 heavy (non-hydrogen) atoms. The highest BCUT2D eigenvalue weighted by Gasteiger charge is 2.33. The van der Waals surface area contributed by atoms with Crippen LogP contribution in [0.2, 0.25) is 0 Å². The quantitative estimate of drug-likeness (QED) is 0.803. The number of hydrogen-bond acceptors (Lipinski definition) is 2. The second-order valence-electron chi connectivity index (χ2n) is 4.39. The van der Waals surface area contributed by atoms with Crippen LogP contribution in [0.1, 0.15) is 20.8 Å². The third kappa shape index (κ3) is 6.33. The van der Waals surface area contributed by atoms with Gasteiger partial charge in [-0.1, -0.05) is 20.8 Å². The number of ether oxygens (including phenoxy) is 1. The number of rotatable bonds is 4. The highest BCUT2D eigenvalue weighted by molar-refractivity contribution is 5.71. The first-order chi connectivity index (χ1) is 6.54. The molecule has 0 radical (unpaired) electrons. The molecule has 0 fully saturated rings. The van der Waals surface area contributed by atoms with Gasteiger partial charge in [-0.15, -0.1) is 0 Å². The maximum atomic E-state index is 11.7. The summed E-state index contributed by atoms with van der Waals surface area (Å²) in [6.45, 7) is 3.08. The third-order valence-corrected chi connectivity index (χ3v) is 1.89. The number of halogens is 3. The minimum Gasteiger partial charge on any atom is -0.481 e. The van der Waals surface area contributed by atoms with Crippen molar-refractivity contribution in [1.82, 2.24) is 0 Å². The monoisotopic (exact) mass is 228 g/mol. The Morgan fingerprint density at radius 2 is 1.80 bits per heavy atom. The summed E-state index contributed by atoms with van der Waals surface area (Å²) in [7, 11) is 0. The van der Waals surface area contributed by atoms with Crippen molar-refractivity contribution in [2.75, 3.05) is 13.2 Å². The van der Waals surface area contributed by atoms with Gasteiger partial charge in [0.25, 0.3) is 0 Å². The first kappa shape index (κ1) is 14.2. The lowest BCUT2D eigenvalue weighted by atomic mass is 9.81. The van der Waals surface area contributed by atoms with Crippen molar-refractivity contribution in [1.29, 1.82) is 0 Å². The van der Waals surface area contributed by atoms with E-state index in [0.717, 1.165) is 0 Å². The zero-order chi connectivity index (χ0) is 12.3. The van der Waals surface area contributed by atoms with Crippen LogP contribution in [0.25, 0.3) is 0 Å². The zero-order valence-corrected chi connectivity index (χ0v) is 8.89. The normalized spacial score (nSPS) is 15.1. The Hall–Kier alpha value is -0.780. The first-order valence-corrected chi connectivity index (χ1v) is 4.41. The minimum atomic E-state index is -4.42. The van der Waals surface area contributed by atoms with Gasteiger partial charge in [0.15, 0.2) is 0 Å². The fourth-order valence-electron chi connectivity index (χ4n) is 0.984. The molecule has 0 spiro atoms. The Morgan fingerprint density at radius 3 is 2.07 bits per heavy atom. The predicted octanol–water partition coefficient (Wildman–Crippen LogP) is 2.31. The number of carboxylic acids is 1. The molecule has 1 atom stereocenters. The van der Waals surface area contributed by atoms with Crippen LogP contribution in [0.5, 0.6) is 0 Å². The van der Waals surface area contributed by atoms with Crippen LogP contribution >= 0.6 is 0 Å². The van der Waals surface area contributed by atoms with E-state index in [9.17, 15) is 18.0 Å². The van der Waals surface area contributed by atoms with Crippen molar-refractivity contribution >= 4 is 5.97 Å². The molecule has 0 amide bonds. The maximum Gasteiger partial charge on any atom is 0.411 e. The first-order valence-electron chi connectivity index (χ1n) is 4.41. The Kier molecular flexibility index (Phi) is 4.58. The van der Waals surface area contributed by atoms with Gasteiger partial charge in [-0.2, -0.15) is 13.2 Å². The highest BCUT2D eigenvalue weighted by Crippen LogP contribution is 2.27. The molecule has 3 nitrogen and oxygen atoms in total. The molecule has 0 aromatic heterocycles. The number of hydrogen-bond donors (Lipinski definition) is 1.